The van der Waals surface area contributed by atoms with E-state index < -0.39 is 0 Å². The standard InChI is InChI=1S/C23H21Cl3N4O2/c1-2-9-27-22(31)16-7-6-15(11-18(16)25)29-23(32)17-12-28-30(21(17)13-3-4-13)20-8-5-14(24)10-19(20)26/h5-8,10-13H,2-4,9H2,1H3,(H,27,31)(H,29,32). The van der Waals surface area contributed by atoms with E-state index in [-0.39, 0.29) is 22.8 Å². The maximum atomic E-state index is 13.1. The SMILES string of the molecule is CCCNC(=O)c1ccc(NC(=O)c2cnn(-c3ccc(Cl)cc3Cl)c2C2CC2)cc1Cl. The Morgan fingerprint density at radius 1 is 1.03 bits per heavy atom. The number of carbonyl (C=O) groups is 2. The Kier molecular flexibility index (Phi) is 6.74. The third-order valence-electron chi connectivity index (χ3n) is 5.16. The van der Waals surface area contributed by atoms with Crippen molar-refractivity contribution in [3.05, 3.63) is 74.5 Å². The van der Waals surface area contributed by atoms with Crippen LogP contribution in [-0.4, -0.2) is 28.1 Å². The summed E-state index contributed by atoms with van der Waals surface area (Å²) < 4.78 is 1.71. The van der Waals surface area contributed by atoms with E-state index in [1.807, 2.05) is 6.92 Å². The fourth-order valence-electron chi connectivity index (χ4n) is 3.44. The Hall–Kier alpha value is -2.54. The molecule has 0 radical (unpaired) electrons. The highest BCUT2D eigenvalue weighted by Gasteiger charge is 2.33. The second kappa shape index (κ2) is 9.53. The van der Waals surface area contributed by atoms with Gasteiger partial charge in [-0.2, -0.15) is 5.10 Å². The van der Waals surface area contributed by atoms with Crippen molar-refractivity contribution in [1.29, 1.82) is 0 Å². The number of nitrogens with one attached hydrogen (secondary N) is 2. The fraction of sp³-hybridized carbons (Fsp3) is 0.261. The molecule has 0 unspecified atom stereocenters. The molecular formula is C23H21Cl3N4O2. The normalized spacial score (nSPS) is 13.1. The molecule has 1 saturated carbocycles. The minimum absolute atomic E-state index is 0.234. The number of anilines is 1. The number of hydrogen-bond donors (Lipinski definition) is 2. The van der Waals surface area contributed by atoms with Crippen LogP contribution in [0.2, 0.25) is 15.1 Å². The summed E-state index contributed by atoms with van der Waals surface area (Å²) in [4.78, 5) is 25.3. The summed E-state index contributed by atoms with van der Waals surface area (Å²) in [6.45, 7) is 2.54. The van der Waals surface area contributed by atoms with Crippen LogP contribution in [0.5, 0.6) is 0 Å². The summed E-state index contributed by atoms with van der Waals surface area (Å²) in [6, 6.07) is 9.99. The minimum atomic E-state index is -0.303. The molecule has 0 aliphatic heterocycles. The van der Waals surface area contributed by atoms with E-state index >= 15 is 0 Å². The third kappa shape index (κ3) is 4.77. The van der Waals surface area contributed by atoms with Crippen molar-refractivity contribution in [3.8, 4) is 5.69 Å². The average Bonchev–Trinajstić information content (AvgIpc) is 3.50. The molecule has 1 aromatic heterocycles. The third-order valence-corrected chi connectivity index (χ3v) is 6.01. The average molecular weight is 492 g/mol. The molecular weight excluding hydrogens is 471 g/mol. The zero-order valence-corrected chi connectivity index (χ0v) is 19.6. The molecule has 0 atom stereocenters. The summed E-state index contributed by atoms with van der Waals surface area (Å²) in [5, 5.41) is 11.3. The predicted octanol–water partition coefficient (Wildman–Crippen LogP) is 6.10. The molecule has 1 aliphatic carbocycles. The topological polar surface area (TPSA) is 76.0 Å². The first-order chi connectivity index (χ1) is 15.4. The van der Waals surface area contributed by atoms with Crippen LogP contribution in [0.4, 0.5) is 5.69 Å². The van der Waals surface area contributed by atoms with Gasteiger partial charge in [0.25, 0.3) is 11.8 Å². The molecule has 9 heteroatoms. The molecule has 2 amide bonds. The monoisotopic (exact) mass is 490 g/mol. The van der Waals surface area contributed by atoms with Crippen molar-refractivity contribution in [2.24, 2.45) is 0 Å². The zero-order chi connectivity index (χ0) is 22.8. The van der Waals surface area contributed by atoms with E-state index in [0.717, 1.165) is 25.0 Å². The molecule has 166 valence electrons. The Bertz CT molecular complexity index is 1190. The summed E-state index contributed by atoms with van der Waals surface area (Å²) in [5.41, 5.74) is 2.81. The first-order valence-electron chi connectivity index (χ1n) is 10.3. The highest BCUT2D eigenvalue weighted by Crippen LogP contribution is 2.43. The number of benzene rings is 2. The lowest BCUT2D eigenvalue weighted by molar-refractivity contribution is 0.0953. The van der Waals surface area contributed by atoms with Gasteiger partial charge in [0.2, 0.25) is 0 Å². The second-order valence-electron chi connectivity index (χ2n) is 7.63. The number of halogens is 3. The van der Waals surface area contributed by atoms with Gasteiger partial charge in [-0.05, 0) is 55.7 Å². The lowest BCUT2D eigenvalue weighted by atomic mass is 10.1. The summed E-state index contributed by atoms with van der Waals surface area (Å²) in [6.07, 6.45) is 4.33. The molecule has 0 bridgehead atoms. The number of carbonyl (C=O) groups excluding carboxylic acids is 2. The molecule has 6 nitrogen and oxygen atoms in total. The Morgan fingerprint density at radius 3 is 2.47 bits per heavy atom. The maximum Gasteiger partial charge on any atom is 0.259 e. The quantitative estimate of drug-likeness (QED) is 0.419. The van der Waals surface area contributed by atoms with E-state index in [4.69, 9.17) is 34.8 Å². The molecule has 1 aliphatic rings. The van der Waals surface area contributed by atoms with Gasteiger partial charge in [-0.1, -0.05) is 41.7 Å². The van der Waals surface area contributed by atoms with Crippen LogP contribution < -0.4 is 10.6 Å². The highest BCUT2D eigenvalue weighted by molar-refractivity contribution is 6.36. The van der Waals surface area contributed by atoms with Gasteiger partial charge in [0, 0.05) is 23.2 Å². The molecule has 32 heavy (non-hydrogen) atoms. The van der Waals surface area contributed by atoms with Crippen LogP contribution in [-0.2, 0) is 0 Å². The zero-order valence-electron chi connectivity index (χ0n) is 17.3. The van der Waals surface area contributed by atoms with Crippen LogP contribution in [0.3, 0.4) is 0 Å². The number of nitrogens with zero attached hydrogens (tertiary/aromatic N) is 2. The van der Waals surface area contributed by atoms with Crippen LogP contribution in [0.1, 0.15) is 58.5 Å². The van der Waals surface area contributed by atoms with E-state index in [9.17, 15) is 9.59 Å². The van der Waals surface area contributed by atoms with Crippen LogP contribution in [0.15, 0.2) is 42.6 Å². The van der Waals surface area contributed by atoms with Gasteiger partial charge in [0.15, 0.2) is 0 Å². The van der Waals surface area contributed by atoms with E-state index in [2.05, 4.69) is 15.7 Å². The van der Waals surface area contributed by atoms with Crippen molar-refractivity contribution in [1.82, 2.24) is 15.1 Å². The molecule has 0 spiro atoms. The van der Waals surface area contributed by atoms with E-state index in [1.165, 1.54) is 0 Å². The maximum absolute atomic E-state index is 13.1. The van der Waals surface area contributed by atoms with E-state index in [1.54, 1.807) is 47.3 Å². The molecule has 4 rings (SSSR count). The second-order valence-corrected chi connectivity index (χ2v) is 8.88. The van der Waals surface area contributed by atoms with Gasteiger partial charge in [0.1, 0.15) is 0 Å². The summed E-state index contributed by atoms with van der Waals surface area (Å²) >= 11 is 18.7. The molecule has 2 aromatic carbocycles. The Morgan fingerprint density at radius 2 is 1.81 bits per heavy atom. The summed E-state index contributed by atoms with van der Waals surface area (Å²) in [5.74, 6) is -0.312. The molecule has 1 fully saturated rings. The first-order valence-corrected chi connectivity index (χ1v) is 11.4. The highest BCUT2D eigenvalue weighted by atomic mass is 35.5. The smallest absolute Gasteiger partial charge is 0.259 e. The molecule has 3 aromatic rings. The van der Waals surface area contributed by atoms with Gasteiger partial charge >= 0.3 is 0 Å². The fourth-order valence-corrected chi connectivity index (χ4v) is 4.19. The Balaban J connectivity index is 1.59. The Labute approximate surface area is 200 Å². The van der Waals surface area contributed by atoms with Gasteiger partial charge in [-0.15, -0.1) is 0 Å². The number of amides is 2. The number of hydrogen-bond acceptors (Lipinski definition) is 3. The predicted molar refractivity (Wildman–Crippen MR) is 128 cm³/mol. The number of aromatic nitrogens is 2. The van der Waals surface area contributed by atoms with Crippen molar-refractivity contribution >= 4 is 52.3 Å². The lowest BCUT2D eigenvalue weighted by Gasteiger charge is -2.12. The number of rotatable bonds is 7. The van der Waals surface area contributed by atoms with Crippen molar-refractivity contribution in [3.63, 3.8) is 0 Å². The first kappa shape index (κ1) is 22.6. The van der Waals surface area contributed by atoms with Crippen LogP contribution >= 0.6 is 34.8 Å². The van der Waals surface area contributed by atoms with Gasteiger partial charge in [-0.25, -0.2) is 4.68 Å². The van der Waals surface area contributed by atoms with Crippen LogP contribution in [0, 0.1) is 0 Å². The van der Waals surface area contributed by atoms with Crippen molar-refractivity contribution in [2.45, 2.75) is 32.1 Å². The molecule has 2 N–H and O–H groups in total. The largest absolute Gasteiger partial charge is 0.352 e. The van der Waals surface area contributed by atoms with Crippen molar-refractivity contribution in [2.75, 3.05) is 11.9 Å². The van der Waals surface area contributed by atoms with Gasteiger partial charge in [-0.3, -0.25) is 9.59 Å². The molecule has 0 saturated heterocycles. The van der Waals surface area contributed by atoms with Crippen LogP contribution in [0.25, 0.3) is 5.69 Å². The molecule has 1 heterocycles. The van der Waals surface area contributed by atoms with E-state index in [0.29, 0.717) is 39.1 Å². The van der Waals surface area contributed by atoms with Gasteiger partial charge in [0.05, 0.1) is 38.8 Å². The lowest BCUT2D eigenvalue weighted by Crippen LogP contribution is -2.24. The summed E-state index contributed by atoms with van der Waals surface area (Å²) in [7, 11) is 0. The van der Waals surface area contributed by atoms with Gasteiger partial charge < -0.3 is 10.6 Å². The minimum Gasteiger partial charge on any atom is -0.352 e. The van der Waals surface area contributed by atoms with Crippen molar-refractivity contribution < 1.29 is 9.59 Å².